The van der Waals surface area contributed by atoms with E-state index in [0.29, 0.717) is 17.1 Å². The molecule has 0 aliphatic rings. The van der Waals surface area contributed by atoms with E-state index in [2.05, 4.69) is 36.2 Å². The van der Waals surface area contributed by atoms with Gasteiger partial charge in [0, 0.05) is 15.9 Å². The maximum atomic E-state index is 5.08. The Balaban J connectivity index is 2.29. The highest BCUT2D eigenvalue weighted by Crippen LogP contribution is 2.32. The predicted octanol–water partition coefficient (Wildman–Crippen LogP) is 3.23. The summed E-state index contributed by atoms with van der Waals surface area (Å²) in [5, 5.41) is 3.65. The minimum atomic E-state index is 0.306. The van der Waals surface area contributed by atoms with Crippen LogP contribution in [0.2, 0.25) is 0 Å². The first-order chi connectivity index (χ1) is 9.22. The summed E-state index contributed by atoms with van der Waals surface area (Å²) in [6, 6.07) is 8.22. The van der Waals surface area contributed by atoms with Crippen molar-refractivity contribution >= 4 is 33.6 Å². The number of hydrogen-bond donors (Lipinski definition) is 1. The van der Waals surface area contributed by atoms with Crippen LogP contribution in [0.15, 0.2) is 38.8 Å². The first kappa shape index (κ1) is 14.1. The monoisotopic (exact) mass is 340 g/mol. The Morgan fingerprint density at radius 2 is 2.05 bits per heavy atom. The van der Waals surface area contributed by atoms with Crippen molar-refractivity contribution in [2.75, 3.05) is 19.0 Å². The second-order valence-corrected chi connectivity index (χ2v) is 5.35. The molecule has 0 unspecified atom stereocenters. The number of nitrogens with one attached hydrogen (secondary N) is 1. The van der Waals surface area contributed by atoms with Crippen LogP contribution in [0.1, 0.15) is 6.92 Å². The largest absolute Gasteiger partial charge is 0.467 e. The van der Waals surface area contributed by atoms with E-state index in [1.165, 1.54) is 18.9 Å². The topological polar surface area (TPSA) is 59.9 Å². The highest BCUT2D eigenvalue weighted by molar-refractivity contribution is 9.10. The molecule has 0 aliphatic carbocycles. The maximum Gasteiger partial charge on any atom is 0.321 e. The lowest BCUT2D eigenvalue weighted by Crippen LogP contribution is -2.05. The number of halogens is 1. The molecule has 0 bridgehead atoms. The first-order valence-corrected chi connectivity index (χ1v) is 7.30. The second kappa shape index (κ2) is 6.72. The van der Waals surface area contributed by atoms with Crippen molar-refractivity contribution in [1.82, 2.24) is 15.0 Å². The Kier molecular flexibility index (Phi) is 4.98. The van der Waals surface area contributed by atoms with Gasteiger partial charge in [0.25, 0.3) is 0 Å². The summed E-state index contributed by atoms with van der Waals surface area (Å²) in [6.45, 7) is 2.73. The van der Waals surface area contributed by atoms with Crippen LogP contribution in [0.5, 0.6) is 6.01 Å². The molecular formula is C12H13BrN4OS. The van der Waals surface area contributed by atoms with E-state index in [0.717, 1.165) is 15.9 Å². The van der Waals surface area contributed by atoms with Gasteiger partial charge >= 0.3 is 6.01 Å². The molecule has 2 rings (SSSR count). The van der Waals surface area contributed by atoms with E-state index in [1.807, 2.05) is 31.2 Å². The molecule has 1 heterocycles. The number of methoxy groups -OCH3 is 1. The molecular weight excluding hydrogens is 328 g/mol. The fourth-order valence-corrected chi connectivity index (χ4v) is 2.63. The Morgan fingerprint density at radius 3 is 2.74 bits per heavy atom. The average molecular weight is 341 g/mol. The Bertz CT molecular complexity index is 567. The van der Waals surface area contributed by atoms with Crippen LogP contribution in [0.4, 0.5) is 5.95 Å². The van der Waals surface area contributed by atoms with Gasteiger partial charge in [-0.2, -0.15) is 15.0 Å². The van der Waals surface area contributed by atoms with E-state index < -0.39 is 0 Å². The van der Waals surface area contributed by atoms with Crippen molar-refractivity contribution in [2.24, 2.45) is 0 Å². The molecule has 1 aromatic carbocycles. The molecule has 100 valence electrons. The van der Waals surface area contributed by atoms with Gasteiger partial charge in [-0.25, -0.2) is 0 Å². The van der Waals surface area contributed by atoms with E-state index in [9.17, 15) is 0 Å². The van der Waals surface area contributed by atoms with Crippen LogP contribution >= 0.6 is 27.7 Å². The molecule has 0 fully saturated rings. The van der Waals surface area contributed by atoms with Gasteiger partial charge in [-0.05, 0) is 46.7 Å². The molecule has 2 aromatic rings. The SMILES string of the molecule is CCNc1nc(OC)nc(Sc2ccccc2Br)n1. The van der Waals surface area contributed by atoms with Gasteiger partial charge in [0.2, 0.25) is 11.1 Å². The number of ether oxygens (including phenoxy) is 1. The molecule has 0 aliphatic heterocycles. The standard InChI is InChI=1S/C12H13BrN4OS/c1-3-14-10-15-11(18-2)17-12(16-10)19-9-7-5-4-6-8(9)13/h4-7H,3H2,1-2H3,(H,14,15,16,17). The molecule has 1 aromatic heterocycles. The Labute approximate surface area is 124 Å². The van der Waals surface area contributed by atoms with Crippen LogP contribution in [0.3, 0.4) is 0 Å². The fourth-order valence-electron chi connectivity index (χ4n) is 1.34. The summed E-state index contributed by atoms with van der Waals surface area (Å²) < 4.78 is 6.09. The summed E-state index contributed by atoms with van der Waals surface area (Å²) in [7, 11) is 1.54. The Morgan fingerprint density at radius 1 is 1.26 bits per heavy atom. The summed E-state index contributed by atoms with van der Waals surface area (Å²) in [6.07, 6.45) is 0. The lowest BCUT2D eigenvalue weighted by Gasteiger charge is -2.07. The lowest BCUT2D eigenvalue weighted by atomic mass is 10.4. The van der Waals surface area contributed by atoms with Crippen LogP contribution in [0.25, 0.3) is 0 Å². The van der Waals surface area contributed by atoms with Crippen molar-refractivity contribution in [1.29, 1.82) is 0 Å². The zero-order valence-electron chi connectivity index (χ0n) is 10.6. The fraction of sp³-hybridized carbons (Fsp3) is 0.250. The van der Waals surface area contributed by atoms with Crippen LogP contribution in [-0.4, -0.2) is 28.6 Å². The molecule has 5 nitrogen and oxygen atoms in total. The average Bonchev–Trinajstić information content (AvgIpc) is 2.41. The first-order valence-electron chi connectivity index (χ1n) is 5.69. The van der Waals surface area contributed by atoms with Crippen LogP contribution < -0.4 is 10.1 Å². The molecule has 0 radical (unpaired) electrons. The molecule has 1 N–H and O–H groups in total. The minimum absolute atomic E-state index is 0.306. The van der Waals surface area contributed by atoms with Crippen LogP contribution in [0, 0.1) is 0 Å². The molecule has 0 saturated carbocycles. The van der Waals surface area contributed by atoms with E-state index in [4.69, 9.17) is 4.74 Å². The molecule has 0 atom stereocenters. The Hall–Kier alpha value is -1.34. The van der Waals surface area contributed by atoms with Crippen molar-refractivity contribution in [3.63, 3.8) is 0 Å². The molecule has 0 amide bonds. The summed E-state index contributed by atoms with van der Waals surface area (Å²) >= 11 is 4.95. The predicted molar refractivity (Wildman–Crippen MR) is 78.8 cm³/mol. The van der Waals surface area contributed by atoms with E-state index in [1.54, 1.807) is 0 Å². The molecule has 7 heteroatoms. The van der Waals surface area contributed by atoms with E-state index in [-0.39, 0.29) is 0 Å². The van der Waals surface area contributed by atoms with Gasteiger partial charge in [-0.15, -0.1) is 0 Å². The summed E-state index contributed by atoms with van der Waals surface area (Å²) in [5.41, 5.74) is 0. The van der Waals surface area contributed by atoms with Gasteiger partial charge in [0.15, 0.2) is 0 Å². The molecule has 0 spiro atoms. The highest BCUT2D eigenvalue weighted by Gasteiger charge is 2.09. The van der Waals surface area contributed by atoms with Gasteiger partial charge in [-0.1, -0.05) is 12.1 Å². The van der Waals surface area contributed by atoms with Crippen LogP contribution in [-0.2, 0) is 0 Å². The lowest BCUT2D eigenvalue weighted by molar-refractivity contribution is 0.373. The number of nitrogens with zero attached hydrogens (tertiary/aromatic N) is 3. The molecule has 19 heavy (non-hydrogen) atoms. The summed E-state index contributed by atoms with van der Waals surface area (Å²) in [5.74, 6) is 0.518. The normalized spacial score (nSPS) is 10.3. The van der Waals surface area contributed by atoms with Crippen molar-refractivity contribution < 1.29 is 4.74 Å². The third-order valence-corrected chi connectivity index (χ3v) is 4.04. The third kappa shape index (κ3) is 3.81. The number of aromatic nitrogens is 3. The second-order valence-electron chi connectivity index (χ2n) is 3.49. The van der Waals surface area contributed by atoms with Crippen molar-refractivity contribution in [2.45, 2.75) is 17.0 Å². The maximum absolute atomic E-state index is 5.08. The number of hydrogen-bond acceptors (Lipinski definition) is 6. The van der Waals surface area contributed by atoms with E-state index >= 15 is 0 Å². The number of benzene rings is 1. The number of rotatable bonds is 5. The van der Waals surface area contributed by atoms with Gasteiger partial charge in [0.05, 0.1) is 7.11 Å². The van der Waals surface area contributed by atoms with Crippen molar-refractivity contribution in [3.8, 4) is 6.01 Å². The van der Waals surface area contributed by atoms with Gasteiger partial charge in [-0.3, -0.25) is 0 Å². The van der Waals surface area contributed by atoms with Gasteiger partial charge < -0.3 is 10.1 Å². The highest BCUT2D eigenvalue weighted by atomic mass is 79.9. The minimum Gasteiger partial charge on any atom is -0.467 e. The summed E-state index contributed by atoms with van der Waals surface area (Å²) in [4.78, 5) is 13.7. The molecule has 0 saturated heterocycles. The zero-order valence-corrected chi connectivity index (χ0v) is 13.0. The third-order valence-electron chi connectivity index (χ3n) is 2.15. The number of anilines is 1. The quantitative estimate of drug-likeness (QED) is 0.901. The van der Waals surface area contributed by atoms with Gasteiger partial charge in [0.1, 0.15) is 0 Å². The zero-order chi connectivity index (χ0) is 13.7. The smallest absolute Gasteiger partial charge is 0.321 e. The van der Waals surface area contributed by atoms with Crippen molar-refractivity contribution in [3.05, 3.63) is 28.7 Å².